The molecular weight excluding hydrogens is 1030 g/mol. The van der Waals surface area contributed by atoms with Crippen molar-refractivity contribution in [3.05, 3.63) is 35.2 Å². The number of rotatable bonds is 31. The Kier molecular flexibility index (Phi) is 26.8. The molecule has 454 valence electrons. The summed E-state index contributed by atoms with van der Waals surface area (Å²) in [7, 11) is 3.09. The lowest BCUT2D eigenvalue weighted by atomic mass is 10.0. The summed E-state index contributed by atoms with van der Waals surface area (Å²) in [6, 6.07) is 3.30. The van der Waals surface area contributed by atoms with E-state index in [1.807, 2.05) is 12.1 Å². The van der Waals surface area contributed by atoms with Crippen LogP contribution in [0.3, 0.4) is 0 Å². The average Bonchev–Trinajstić information content (AvgIpc) is 3.96. The summed E-state index contributed by atoms with van der Waals surface area (Å²) in [6.45, 7) is 30.1. The second-order valence-corrected chi connectivity index (χ2v) is 25.4. The Labute approximate surface area is 476 Å². The Balaban J connectivity index is 1.89. The molecule has 2 aromatic rings. The van der Waals surface area contributed by atoms with Gasteiger partial charge in [-0.1, -0.05) is 12.1 Å². The average molecular weight is 1130 g/mol. The van der Waals surface area contributed by atoms with Crippen LogP contribution in [-0.4, -0.2) is 203 Å². The summed E-state index contributed by atoms with van der Waals surface area (Å²) in [5, 5.41) is 11.8. The van der Waals surface area contributed by atoms with Crippen molar-refractivity contribution in [2.75, 3.05) is 92.8 Å². The third-order valence-corrected chi connectivity index (χ3v) is 12.0. The highest BCUT2D eigenvalue weighted by Crippen LogP contribution is 2.33. The van der Waals surface area contributed by atoms with Gasteiger partial charge in [0.15, 0.2) is 11.5 Å². The summed E-state index contributed by atoms with van der Waals surface area (Å²) in [5.74, 6) is -2.22. The van der Waals surface area contributed by atoms with Crippen molar-refractivity contribution >= 4 is 35.8 Å². The second kappa shape index (κ2) is 31.1. The van der Waals surface area contributed by atoms with Crippen LogP contribution in [0, 0.1) is 0 Å². The first kappa shape index (κ1) is 68.9. The van der Waals surface area contributed by atoms with Gasteiger partial charge in [0.25, 0.3) is 5.91 Å². The number of likely N-dealkylation sites (N-methyl/N-ethyl adjacent to an activating group) is 1. The number of nitrogens with one attached hydrogen (secondary N) is 1. The molecule has 1 aliphatic rings. The molecule has 22 nitrogen and oxygen atoms in total. The predicted molar refractivity (Wildman–Crippen MR) is 302 cm³/mol. The number of carbonyl (C=O) groups excluding carboxylic acids is 6. The summed E-state index contributed by atoms with van der Waals surface area (Å²) in [4.78, 5) is 88.3. The zero-order valence-electron chi connectivity index (χ0n) is 51.7. The van der Waals surface area contributed by atoms with Crippen molar-refractivity contribution in [1.29, 1.82) is 0 Å². The standard InChI is InChI=1S/C58H98N8O14/c1-19-64-25-22-24-43(64)31-59-53(72)45-29-41(30-46(73-17)52(45)74-18)23-20-21-26-66-32-42(60-61-66)39-75-40-44(65(37-50(70)79-57(11,12)13)38-51(71)80-58(14,15)16)33-62(34-47(67)76-54(2,3)4)27-28-63(35-48(68)77-55(5,6)7)36-49(69)78-56(8,9)10/h29-30,32,43-44H,19-28,31,33-40H2,1-18H3,(H,59,72)/t43-,44?/m0/s1. The lowest BCUT2D eigenvalue weighted by molar-refractivity contribution is -0.163. The number of carbonyl (C=O) groups is 6. The Morgan fingerprint density at radius 2 is 1.18 bits per heavy atom. The minimum Gasteiger partial charge on any atom is -0.493 e. The van der Waals surface area contributed by atoms with E-state index in [1.54, 1.807) is 137 Å². The normalized spacial score (nSPS) is 15.0. The lowest BCUT2D eigenvalue weighted by Gasteiger charge is -2.36. The number of aryl methyl sites for hydroxylation is 2. The number of likely N-dealkylation sites (tertiary alicyclic amines) is 1. The van der Waals surface area contributed by atoms with E-state index in [4.69, 9.17) is 37.9 Å². The maximum atomic E-state index is 13.7. The SMILES string of the molecule is CCN1CCC[C@H]1CNC(=O)c1cc(CCCCn2cc(COCC(CN(CCN(CC(=O)OC(C)(C)C)CC(=O)OC(C)(C)C)CC(=O)OC(C)(C)C)N(CC(=O)OC(C)(C)C)CC(=O)OC(C)(C)C)nn2)cc(OC)c1OC. The van der Waals surface area contributed by atoms with Gasteiger partial charge in [0.1, 0.15) is 33.7 Å². The Hall–Kier alpha value is -5.42. The van der Waals surface area contributed by atoms with Crippen LogP contribution in [0.25, 0.3) is 0 Å². The molecule has 1 fully saturated rings. The number of benzene rings is 1. The fourth-order valence-electron chi connectivity index (χ4n) is 8.96. The molecular formula is C58H98N8O14. The quantitative estimate of drug-likeness (QED) is 0.0516. The first-order valence-corrected chi connectivity index (χ1v) is 28.1. The highest BCUT2D eigenvalue weighted by atomic mass is 16.6. The number of nitrogens with zero attached hydrogens (tertiary/aromatic N) is 7. The van der Waals surface area contributed by atoms with Gasteiger partial charge in [-0.05, 0) is 167 Å². The number of aromatic nitrogens is 3. The van der Waals surface area contributed by atoms with Gasteiger partial charge in [-0.15, -0.1) is 5.10 Å². The summed E-state index contributed by atoms with van der Waals surface area (Å²) in [5.41, 5.74) is -2.24. The highest BCUT2D eigenvalue weighted by Gasteiger charge is 2.33. The van der Waals surface area contributed by atoms with Crippen LogP contribution in [-0.2, 0) is 72.0 Å². The molecule has 80 heavy (non-hydrogen) atoms. The number of methoxy groups -OCH3 is 2. The van der Waals surface area contributed by atoms with Crippen LogP contribution in [0.1, 0.15) is 158 Å². The maximum absolute atomic E-state index is 13.7. The monoisotopic (exact) mass is 1130 g/mol. The van der Waals surface area contributed by atoms with E-state index in [0.29, 0.717) is 48.3 Å². The number of amides is 1. The third kappa shape index (κ3) is 27.8. The number of esters is 5. The van der Waals surface area contributed by atoms with Crippen molar-refractivity contribution in [2.24, 2.45) is 0 Å². The second-order valence-electron chi connectivity index (χ2n) is 25.4. The van der Waals surface area contributed by atoms with Gasteiger partial charge in [-0.2, -0.15) is 0 Å². The molecule has 22 heteroatoms. The van der Waals surface area contributed by atoms with E-state index in [0.717, 1.165) is 44.3 Å². The van der Waals surface area contributed by atoms with Crippen LogP contribution < -0.4 is 14.8 Å². The van der Waals surface area contributed by atoms with Crippen LogP contribution >= 0.6 is 0 Å². The summed E-state index contributed by atoms with van der Waals surface area (Å²) >= 11 is 0. The highest BCUT2D eigenvalue weighted by molar-refractivity contribution is 5.98. The first-order chi connectivity index (χ1) is 37.0. The van der Waals surface area contributed by atoms with Crippen molar-refractivity contribution in [3.63, 3.8) is 0 Å². The molecule has 1 saturated heterocycles. The van der Waals surface area contributed by atoms with Crippen LogP contribution in [0.2, 0.25) is 0 Å². The molecule has 1 unspecified atom stereocenters. The van der Waals surface area contributed by atoms with E-state index in [1.165, 1.54) is 7.11 Å². The maximum Gasteiger partial charge on any atom is 0.320 e. The molecule has 0 saturated carbocycles. The molecule has 2 heterocycles. The topological polar surface area (TPSA) is 232 Å². The van der Waals surface area contributed by atoms with Gasteiger partial charge in [0.2, 0.25) is 0 Å². The van der Waals surface area contributed by atoms with Crippen molar-refractivity contribution in [3.8, 4) is 11.5 Å². The van der Waals surface area contributed by atoms with Crippen LogP contribution in [0.5, 0.6) is 11.5 Å². The molecule has 1 aromatic heterocycles. The van der Waals surface area contributed by atoms with Gasteiger partial charge in [0, 0.05) is 44.8 Å². The molecule has 0 radical (unpaired) electrons. The van der Waals surface area contributed by atoms with Gasteiger partial charge >= 0.3 is 29.8 Å². The zero-order valence-corrected chi connectivity index (χ0v) is 51.7. The molecule has 3 rings (SSSR count). The number of hydrogen-bond donors (Lipinski definition) is 1. The van der Waals surface area contributed by atoms with Crippen molar-refractivity contribution < 1.29 is 66.7 Å². The van der Waals surface area contributed by atoms with E-state index >= 15 is 0 Å². The van der Waals surface area contributed by atoms with Gasteiger partial charge in [-0.25, -0.2) is 0 Å². The lowest BCUT2D eigenvalue weighted by Crippen LogP contribution is -2.53. The minimum absolute atomic E-state index is 0.00252. The summed E-state index contributed by atoms with van der Waals surface area (Å²) < 4.78 is 47.9. The molecule has 1 amide bonds. The molecule has 0 aliphatic carbocycles. The van der Waals surface area contributed by atoms with Crippen LogP contribution in [0.4, 0.5) is 0 Å². The smallest absolute Gasteiger partial charge is 0.320 e. The van der Waals surface area contributed by atoms with E-state index in [-0.39, 0.29) is 71.5 Å². The van der Waals surface area contributed by atoms with E-state index < -0.39 is 63.9 Å². The Bertz CT molecular complexity index is 2250. The summed E-state index contributed by atoms with van der Waals surface area (Å²) in [6.07, 6.45) is 6.12. The Morgan fingerprint density at radius 1 is 0.675 bits per heavy atom. The van der Waals surface area contributed by atoms with E-state index in [2.05, 4.69) is 27.5 Å². The van der Waals surface area contributed by atoms with Gasteiger partial charge in [0.05, 0.1) is 71.9 Å². The van der Waals surface area contributed by atoms with Crippen LogP contribution in [0.15, 0.2) is 18.3 Å². The van der Waals surface area contributed by atoms with Crippen molar-refractivity contribution in [2.45, 2.75) is 196 Å². The third-order valence-electron chi connectivity index (χ3n) is 12.0. The number of unbranched alkanes of at least 4 members (excludes halogenated alkanes) is 1. The molecule has 2 atom stereocenters. The number of ether oxygens (including phenoxy) is 8. The molecule has 1 aromatic carbocycles. The predicted octanol–water partition coefficient (Wildman–Crippen LogP) is 6.03. The molecule has 1 aliphatic heterocycles. The largest absolute Gasteiger partial charge is 0.493 e. The zero-order chi connectivity index (χ0) is 60.2. The van der Waals surface area contributed by atoms with Gasteiger partial charge < -0.3 is 43.2 Å². The minimum atomic E-state index is -0.850. The molecule has 1 N–H and O–H groups in total. The number of hydrogen-bond acceptors (Lipinski definition) is 20. The van der Waals surface area contributed by atoms with Gasteiger partial charge in [-0.3, -0.25) is 53.0 Å². The van der Waals surface area contributed by atoms with Crippen molar-refractivity contribution in [1.82, 2.24) is 39.9 Å². The molecule has 0 spiro atoms. The fourth-order valence-corrected chi connectivity index (χ4v) is 8.96. The van der Waals surface area contributed by atoms with E-state index in [9.17, 15) is 28.8 Å². The fraction of sp³-hybridized carbons (Fsp3) is 0.759. The first-order valence-electron chi connectivity index (χ1n) is 28.1. The molecule has 0 bridgehead atoms. The Morgan fingerprint density at radius 3 is 1.66 bits per heavy atom.